The highest BCUT2D eigenvalue weighted by Gasteiger charge is 2.71. The monoisotopic (exact) mass is 374 g/mol. The Labute approximate surface area is 160 Å². The normalized spacial score (nSPS) is 48.1. The van der Waals surface area contributed by atoms with Crippen molar-refractivity contribution in [3.63, 3.8) is 0 Å². The summed E-state index contributed by atoms with van der Waals surface area (Å²) in [5.74, 6) is -1.27. The molecule has 2 saturated carbocycles. The minimum atomic E-state index is -0.838. The van der Waals surface area contributed by atoms with Crippen molar-refractivity contribution in [3.05, 3.63) is 12.2 Å². The summed E-state index contributed by atoms with van der Waals surface area (Å²) < 4.78 is 5.38. The molecule has 1 spiro atoms. The van der Waals surface area contributed by atoms with Crippen LogP contribution in [0, 0.1) is 39.4 Å². The molecule has 27 heavy (non-hydrogen) atoms. The van der Waals surface area contributed by atoms with E-state index in [1.54, 1.807) is 6.08 Å². The van der Waals surface area contributed by atoms with Gasteiger partial charge in [-0.1, -0.05) is 33.8 Å². The molecule has 0 aromatic heterocycles. The lowest BCUT2D eigenvalue weighted by atomic mass is 9.35. The molecule has 5 nitrogen and oxygen atoms in total. The zero-order valence-electron chi connectivity index (χ0n) is 16.7. The van der Waals surface area contributed by atoms with E-state index in [0.717, 1.165) is 12.8 Å². The average Bonchev–Trinajstić information content (AvgIpc) is 2.96. The Balaban J connectivity index is 1.86. The van der Waals surface area contributed by atoms with Crippen molar-refractivity contribution in [2.24, 2.45) is 39.4 Å². The van der Waals surface area contributed by atoms with Crippen LogP contribution in [0.15, 0.2) is 12.2 Å². The van der Waals surface area contributed by atoms with E-state index in [0.29, 0.717) is 12.8 Å². The summed E-state index contributed by atoms with van der Waals surface area (Å²) in [6.07, 6.45) is 6.88. The predicted octanol–water partition coefficient (Wildman–Crippen LogP) is 3.62. The number of hydrogen-bond donors (Lipinski definition) is 1. The Morgan fingerprint density at radius 3 is 2.41 bits per heavy atom. The molecule has 1 saturated heterocycles. The second kappa shape index (κ2) is 5.45. The molecule has 148 valence electrons. The first-order chi connectivity index (χ1) is 12.5. The number of esters is 1. The van der Waals surface area contributed by atoms with Gasteiger partial charge in [0.05, 0.1) is 18.9 Å². The van der Waals surface area contributed by atoms with E-state index in [1.165, 1.54) is 0 Å². The van der Waals surface area contributed by atoms with Crippen LogP contribution in [0.5, 0.6) is 0 Å². The molecule has 5 heteroatoms. The summed E-state index contributed by atoms with van der Waals surface area (Å²) in [7, 11) is 0. The van der Waals surface area contributed by atoms with Gasteiger partial charge in [-0.2, -0.15) is 0 Å². The van der Waals surface area contributed by atoms with Crippen molar-refractivity contribution < 1.29 is 24.2 Å². The van der Waals surface area contributed by atoms with Crippen molar-refractivity contribution in [2.45, 2.75) is 59.8 Å². The highest BCUT2D eigenvalue weighted by Crippen LogP contribution is 2.72. The molecule has 0 bridgehead atoms. The molecule has 6 atom stereocenters. The number of rotatable bonds is 1. The van der Waals surface area contributed by atoms with Crippen LogP contribution in [0.4, 0.5) is 0 Å². The topological polar surface area (TPSA) is 80.7 Å². The molecular weight excluding hydrogens is 344 g/mol. The van der Waals surface area contributed by atoms with Gasteiger partial charge in [0.15, 0.2) is 5.78 Å². The van der Waals surface area contributed by atoms with E-state index in [9.17, 15) is 19.5 Å². The van der Waals surface area contributed by atoms with Gasteiger partial charge in [0.1, 0.15) is 0 Å². The van der Waals surface area contributed by atoms with Gasteiger partial charge in [0, 0.05) is 10.8 Å². The lowest BCUT2D eigenvalue weighted by Gasteiger charge is -2.66. The van der Waals surface area contributed by atoms with Gasteiger partial charge < -0.3 is 9.84 Å². The molecule has 3 aliphatic carbocycles. The number of carbonyl (C=O) groups is 3. The number of hydrogen-bond acceptors (Lipinski definition) is 4. The summed E-state index contributed by atoms with van der Waals surface area (Å²) in [6, 6.07) is 0. The molecule has 0 amide bonds. The van der Waals surface area contributed by atoms with E-state index >= 15 is 0 Å². The molecule has 0 radical (unpaired) electrons. The second-order valence-electron chi connectivity index (χ2n) is 10.3. The molecule has 0 aromatic carbocycles. The standard InChI is InChI=1S/C22H30O5/c1-19(2)9-8-16(23)21(4)14(19)7-10-20(3)15(21)6-5-13(18(25)26)22(20)11-17(24)27-12-22/h8-9,13-15H,5-7,10-12H2,1-4H3,(H,25,26)/t13-,14+,15+,20-,21+,22+/m1/s1. The van der Waals surface area contributed by atoms with Crippen LogP contribution in [0.1, 0.15) is 59.8 Å². The maximum absolute atomic E-state index is 13.2. The maximum atomic E-state index is 13.2. The third-order valence-corrected chi connectivity index (χ3v) is 9.06. The van der Waals surface area contributed by atoms with E-state index in [2.05, 4.69) is 27.7 Å². The third-order valence-electron chi connectivity index (χ3n) is 9.06. The lowest BCUT2D eigenvalue weighted by molar-refractivity contribution is -0.203. The fourth-order valence-electron chi connectivity index (χ4n) is 7.64. The van der Waals surface area contributed by atoms with Gasteiger partial charge in [-0.25, -0.2) is 0 Å². The Bertz CT molecular complexity index is 752. The summed E-state index contributed by atoms with van der Waals surface area (Å²) in [5.41, 5.74) is -1.70. The maximum Gasteiger partial charge on any atom is 0.307 e. The van der Waals surface area contributed by atoms with Crippen LogP contribution in [-0.2, 0) is 19.1 Å². The largest absolute Gasteiger partial charge is 0.481 e. The lowest BCUT2D eigenvalue weighted by Crippen LogP contribution is -2.66. The van der Waals surface area contributed by atoms with Gasteiger partial charge in [0.25, 0.3) is 0 Å². The Morgan fingerprint density at radius 2 is 1.81 bits per heavy atom. The van der Waals surface area contributed by atoms with E-state index in [4.69, 9.17) is 4.74 Å². The Kier molecular flexibility index (Phi) is 3.78. The van der Waals surface area contributed by atoms with Gasteiger partial charge in [-0.05, 0) is 54.4 Å². The van der Waals surface area contributed by atoms with Gasteiger partial charge >= 0.3 is 11.9 Å². The van der Waals surface area contributed by atoms with Crippen molar-refractivity contribution in [1.29, 1.82) is 0 Å². The summed E-state index contributed by atoms with van der Waals surface area (Å²) in [4.78, 5) is 37.5. The van der Waals surface area contributed by atoms with Crippen LogP contribution in [0.3, 0.4) is 0 Å². The van der Waals surface area contributed by atoms with Gasteiger partial charge in [-0.3, -0.25) is 14.4 Å². The molecule has 4 aliphatic rings. The van der Waals surface area contributed by atoms with Crippen LogP contribution in [0.2, 0.25) is 0 Å². The molecule has 1 N–H and O–H groups in total. The zero-order valence-corrected chi connectivity index (χ0v) is 16.7. The molecule has 1 heterocycles. The van der Waals surface area contributed by atoms with Crippen LogP contribution >= 0.6 is 0 Å². The molecule has 4 rings (SSSR count). The van der Waals surface area contributed by atoms with E-state index < -0.39 is 28.1 Å². The number of cyclic esters (lactones) is 1. The summed E-state index contributed by atoms with van der Waals surface area (Å²) in [5, 5.41) is 9.94. The number of carboxylic acids is 1. The number of carboxylic acid groups (broad SMARTS) is 1. The van der Waals surface area contributed by atoms with E-state index in [1.807, 2.05) is 6.08 Å². The number of ether oxygens (including phenoxy) is 1. The number of ketones is 1. The summed E-state index contributed by atoms with van der Waals surface area (Å²) in [6.45, 7) is 8.79. The number of allylic oxidation sites excluding steroid dienone is 2. The Hall–Kier alpha value is -1.65. The first-order valence-electron chi connectivity index (χ1n) is 10.1. The average molecular weight is 374 g/mol. The minimum Gasteiger partial charge on any atom is -0.481 e. The van der Waals surface area contributed by atoms with E-state index in [-0.39, 0.29) is 42.0 Å². The van der Waals surface area contributed by atoms with Crippen molar-refractivity contribution >= 4 is 17.7 Å². The van der Waals surface area contributed by atoms with Crippen molar-refractivity contribution in [2.75, 3.05) is 6.61 Å². The van der Waals surface area contributed by atoms with Crippen molar-refractivity contribution in [1.82, 2.24) is 0 Å². The fourth-order valence-corrected chi connectivity index (χ4v) is 7.64. The highest BCUT2D eigenvalue weighted by molar-refractivity contribution is 5.96. The first kappa shape index (κ1) is 18.7. The second-order valence-corrected chi connectivity index (χ2v) is 10.3. The molecule has 0 aromatic rings. The fraction of sp³-hybridized carbons (Fsp3) is 0.773. The quantitative estimate of drug-likeness (QED) is 0.709. The summed E-state index contributed by atoms with van der Waals surface area (Å²) >= 11 is 0. The van der Waals surface area contributed by atoms with Gasteiger partial charge in [-0.15, -0.1) is 0 Å². The highest BCUT2D eigenvalue weighted by atomic mass is 16.5. The number of carbonyl (C=O) groups excluding carboxylic acids is 2. The van der Waals surface area contributed by atoms with Crippen LogP contribution in [-0.4, -0.2) is 29.4 Å². The number of aliphatic carboxylic acids is 1. The first-order valence-corrected chi connectivity index (χ1v) is 10.1. The smallest absolute Gasteiger partial charge is 0.307 e. The SMILES string of the molecule is CC1(C)C=CC(=O)[C@]2(C)[C@H]3CC[C@H](C(=O)O)[C@]4(COC(=O)C4)[C@]3(C)CC[C@@H]12. The van der Waals surface area contributed by atoms with Crippen LogP contribution in [0.25, 0.3) is 0 Å². The molecule has 3 fully saturated rings. The van der Waals surface area contributed by atoms with Crippen LogP contribution < -0.4 is 0 Å². The molecular formula is C22H30O5. The predicted molar refractivity (Wildman–Crippen MR) is 98.7 cm³/mol. The molecule has 0 unspecified atom stereocenters. The molecule has 1 aliphatic heterocycles. The minimum absolute atomic E-state index is 0.0607. The Morgan fingerprint density at radius 1 is 1.11 bits per heavy atom. The zero-order chi connectivity index (χ0) is 19.8. The number of fused-ring (bicyclic) bond motifs is 4. The van der Waals surface area contributed by atoms with Gasteiger partial charge in [0.2, 0.25) is 0 Å². The third kappa shape index (κ3) is 2.14. The van der Waals surface area contributed by atoms with Crippen molar-refractivity contribution in [3.8, 4) is 0 Å².